The highest BCUT2D eigenvalue weighted by Crippen LogP contribution is 2.36. The zero-order valence-electron chi connectivity index (χ0n) is 9.99. The number of benzene rings is 2. The van der Waals surface area contributed by atoms with Crippen LogP contribution in [0.1, 0.15) is 16.0 Å². The molecule has 0 bridgehead atoms. The number of hydrogen-bond donors (Lipinski definition) is 1. The van der Waals surface area contributed by atoms with E-state index in [-0.39, 0.29) is 4.83 Å². The molecule has 0 aliphatic rings. The number of hydrogen-bond acceptors (Lipinski definition) is 2. The van der Waals surface area contributed by atoms with Crippen molar-refractivity contribution in [2.24, 2.45) is 0 Å². The molecular weight excluding hydrogens is 501 g/mol. The fourth-order valence-electron chi connectivity index (χ4n) is 2.01. The molecule has 1 N–H and O–H groups in total. The van der Waals surface area contributed by atoms with Crippen LogP contribution in [0.5, 0.6) is 0 Å². The molecule has 6 heteroatoms. The van der Waals surface area contributed by atoms with Crippen LogP contribution in [0.3, 0.4) is 0 Å². The van der Waals surface area contributed by atoms with E-state index in [4.69, 9.17) is 4.42 Å². The summed E-state index contributed by atoms with van der Waals surface area (Å²) in [6, 6.07) is 11.9. The molecule has 0 saturated carbocycles. The highest BCUT2D eigenvalue weighted by Gasteiger charge is 2.15. The normalized spacial score (nSPS) is 12.8. The second-order valence-electron chi connectivity index (χ2n) is 4.30. The topological polar surface area (TPSA) is 46.0 Å². The van der Waals surface area contributed by atoms with Crippen LogP contribution in [0.15, 0.2) is 50.1 Å². The minimum Gasteiger partial charge on any atom is -0.408 e. The highest BCUT2D eigenvalue weighted by molar-refractivity contribution is 14.1. The zero-order valence-corrected chi connectivity index (χ0v) is 15.3. The second-order valence-corrected chi connectivity index (χ2v) is 7.31. The van der Waals surface area contributed by atoms with Crippen LogP contribution in [-0.2, 0) is 0 Å². The SMILES string of the molecule is O=c1[nH]c2ccc(C(Br)c3cc(I)ccc3Br)cc2o1. The minimum absolute atomic E-state index is 0.0243. The summed E-state index contributed by atoms with van der Waals surface area (Å²) in [5.41, 5.74) is 3.44. The molecule has 1 atom stereocenters. The van der Waals surface area contributed by atoms with Gasteiger partial charge in [0.05, 0.1) is 10.3 Å². The van der Waals surface area contributed by atoms with Crippen molar-refractivity contribution in [2.45, 2.75) is 4.83 Å². The standard InChI is InChI=1S/C14H8Br2INO2/c15-10-3-2-8(17)6-9(10)13(16)7-1-4-11-12(5-7)20-14(19)18-11/h1-6,13H,(H,18,19). The molecule has 102 valence electrons. The summed E-state index contributed by atoms with van der Waals surface area (Å²) in [5, 5.41) is 0. The van der Waals surface area contributed by atoms with Gasteiger partial charge in [-0.05, 0) is 64.0 Å². The molecule has 0 aliphatic heterocycles. The molecule has 0 amide bonds. The maximum Gasteiger partial charge on any atom is 0.417 e. The number of fused-ring (bicyclic) bond motifs is 1. The third-order valence-electron chi connectivity index (χ3n) is 2.97. The van der Waals surface area contributed by atoms with Gasteiger partial charge in [0.1, 0.15) is 0 Å². The molecule has 3 rings (SSSR count). The zero-order chi connectivity index (χ0) is 14.3. The number of halogens is 3. The van der Waals surface area contributed by atoms with Gasteiger partial charge in [0.25, 0.3) is 0 Å². The van der Waals surface area contributed by atoms with Crippen molar-refractivity contribution in [1.29, 1.82) is 0 Å². The lowest BCUT2D eigenvalue weighted by Crippen LogP contribution is -1.94. The number of aromatic amines is 1. The maximum atomic E-state index is 11.2. The van der Waals surface area contributed by atoms with E-state index in [0.717, 1.165) is 15.6 Å². The van der Waals surface area contributed by atoms with Crippen LogP contribution in [0.4, 0.5) is 0 Å². The third kappa shape index (κ3) is 2.73. The summed E-state index contributed by atoms with van der Waals surface area (Å²) >= 11 is 9.56. The number of aromatic nitrogens is 1. The molecule has 0 fully saturated rings. The Morgan fingerprint density at radius 2 is 2.00 bits per heavy atom. The molecular formula is C14H8Br2INO2. The summed E-state index contributed by atoms with van der Waals surface area (Å²) in [4.78, 5) is 13.9. The van der Waals surface area contributed by atoms with E-state index in [1.807, 2.05) is 30.3 Å². The molecule has 0 saturated heterocycles. The van der Waals surface area contributed by atoms with Crippen molar-refractivity contribution in [1.82, 2.24) is 4.98 Å². The Bertz CT molecular complexity index is 841. The molecule has 1 aromatic heterocycles. The highest BCUT2D eigenvalue weighted by atomic mass is 127. The quantitative estimate of drug-likeness (QED) is 0.392. The number of nitrogens with one attached hydrogen (secondary N) is 1. The van der Waals surface area contributed by atoms with Gasteiger partial charge in [0, 0.05) is 8.04 Å². The fraction of sp³-hybridized carbons (Fsp3) is 0.0714. The van der Waals surface area contributed by atoms with E-state index in [1.165, 1.54) is 3.57 Å². The number of oxazole rings is 1. The molecule has 1 unspecified atom stereocenters. The summed E-state index contributed by atoms with van der Waals surface area (Å²) < 4.78 is 7.31. The minimum atomic E-state index is -0.432. The van der Waals surface area contributed by atoms with Crippen LogP contribution >= 0.6 is 54.5 Å². The molecule has 3 nitrogen and oxygen atoms in total. The predicted octanol–water partition coefficient (Wildman–Crippen LogP) is 4.97. The first-order valence-electron chi connectivity index (χ1n) is 5.76. The van der Waals surface area contributed by atoms with E-state index < -0.39 is 5.76 Å². The van der Waals surface area contributed by atoms with Crippen LogP contribution in [-0.4, -0.2) is 4.98 Å². The predicted molar refractivity (Wildman–Crippen MR) is 94.5 cm³/mol. The van der Waals surface area contributed by atoms with Crippen LogP contribution in [0.25, 0.3) is 11.1 Å². The Hall–Kier alpha value is -0.600. The first-order valence-corrected chi connectivity index (χ1v) is 8.55. The molecule has 2 aromatic carbocycles. The average molecular weight is 509 g/mol. The number of rotatable bonds is 2. The summed E-state index contributed by atoms with van der Waals surface area (Å²) in [5.74, 6) is -0.432. The average Bonchev–Trinajstić information content (AvgIpc) is 2.79. The van der Waals surface area contributed by atoms with E-state index in [0.29, 0.717) is 11.1 Å². The van der Waals surface area contributed by atoms with Crippen LogP contribution < -0.4 is 5.76 Å². The lowest BCUT2D eigenvalue weighted by Gasteiger charge is -2.13. The van der Waals surface area contributed by atoms with Crippen molar-refractivity contribution < 1.29 is 4.42 Å². The van der Waals surface area contributed by atoms with E-state index in [1.54, 1.807) is 0 Å². The molecule has 20 heavy (non-hydrogen) atoms. The molecule has 0 radical (unpaired) electrons. The first kappa shape index (κ1) is 14.3. The van der Waals surface area contributed by atoms with E-state index in [9.17, 15) is 4.79 Å². The van der Waals surface area contributed by atoms with Gasteiger partial charge in [-0.2, -0.15) is 0 Å². The third-order valence-corrected chi connectivity index (χ3v) is 5.38. The monoisotopic (exact) mass is 507 g/mol. The largest absolute Gasteiger partial charge is 0.417 e. The molecule has 3 aromatic rings. The van der Waals surface area contributed by atoms with Gasteiger partial charge < -0.3 is 4.42 Å². The smallest absolute Gasteiger partial charge is 0.408 e. The van der Waals surface area contributed by atoms with Crippen molar-refractivity contribution in [3.05, 3.63) is 66.1 Å². The maximum absolute atomic E-state index is 11.2. The summed E-state index contributed by atoms with van der Waals surface area (Å²) in [6.45, 7) is 0. The van der Waals surface area contributed by atoms with E-state index >= 15 is 0 Å². The Balaban J connectivity index is 2.09. The van der Waals surface area contributed by atoms with Crippen molar-refractivity contribution in [2.75, 3.05) is 0 Å². The summed E-state index contributed by atoms with van der Waals surface area (Å²) in [7, 11) is 0. The van der Waals surface area contributed by atoms with Crippen molar-refractivity contribution in [3.8, 4) is 0 Å². The Labute approximate surface area is 145 Å². The number of alkyl halides is 1. The lowest BCUT2D eigenvalue weighted by molar-refractivity contribution is 0.555. The Kier molecular flexibility index (Phi) is 4.05. The van der Waals surface area contributed by atoms with Crippen molar-refractivity contribution in [3.63, 3.8) is 0 Å². The van der Waals surface area contributed by atoms with Crippen LogP contribution in [0.2, 0.25) is 0 Å². The molecule has 1 heterocycles. The number of H-pyrrole nitrogens is 1. The van der Waals surface area contributed by atoms with E-state index in [2.05, 4.69) is 65.5 Å². The summed E-state index contributed by atoms with van der Waals surface area (Å²) in [6.07, 6.45) is 0. The molecule has 0 aliphatic carbocycles. The van der Waals surface area contributed by atoms with Gasteiger partial charge in [-0.15, -0.1) is 0 Å². The van der Waals surface area contributed by atoms with Gasteiger partial charge in [0.15, 0.2) is 5.58 Å². The van der Waals surface area contributed by atoms with Gasteiger partial charge in [-0.3, -0.25) is 4.98 Å². The molecule has 0 spiro atoms. The van der Waals surface area contributed by atoms with Gasteiger partial charge in [0.2, 0.25) is 0 Å². The fourth-order valence-corrected chi connectivity index (χ4v) is 3.97. The lowest BCUT2D eigenvalue weighted by atomic mass is 10.0. The Morgan fingerprint density at radius 3 is 2.80 bits per heavy atom. The van der Waals surface area contributed by atoms with Gasteiger partial charge >= 0.3 is 5.76 Å². The second kappa shape index (κ2) is 5.65. The van der Waals surface area contributed by atoms with Crippen molar-refractivity contribution >= 4 is 65.6 Å². The van der Waals surface area contributed by atoms with Gasteiger partial charge in [-0.1, -0.05) is 37.9 Å². The first-order chi connectivity index (χ1) is 9.54. The van der Waals surface area contributed by atoms with Gasteiger partial charge in [-0.25, -0.2) is 4.79 Å². The van der Waals surface area contributed by atoms with Crippen LogP contribution in [0, 0.1) is 3.57 Å². The Morgan fingerprint density at radius 1 is 1.20 bits per heavy atom.